The largest absolute Gasteiger partial charge is 0.756 e. The lowest BCUT2D eigenvalue weighted by molar-refractivity contribution is -0.870. The summed E-state index contributed by atoms with van der Waals surface area (Å²) in [7, 11) is 1.32. The number of carbonyl (C=O) groups excluding carboxylic acids is 1. The Kier molecular flexibility index (Phi) is 38.6. The molecule has 0 heterocycles. The number of aliphatic hydroxyl groups excluding tert-OH is 1. The number of hydrogen-bond acceptors (Lipinski definition) is 6. The highest BCUT2D eigenvalue weighted by atomic mass is 31.2. The second-order valence-electron chi connectivity index (χ2n) is 17.8. The SMILES string of the molecule is CCCCCCCCCCCCCCCCCCCCCCC(O)C(COP(=O)([O-])OCC[N+](C)(C)C)NC(=O)CCCCCCCCCCCCCCC. The normalized spacial score (nSPS) is 14.2. The van der Waals surface area contributed by atoms with E-state index in [9.17, 15) is 19.4 Å². The van der Waals surface area contributed by atoms with E-state index in [0.29, 0.717) is 23.9 Å². The van der Waals surface area contributed by atoms with E-state index in [1.165, 1.54) is 173 Å². The van der Waals surface area contributed by atoms with Crippen molar-refractivity contribution in [1.29, 1.82) is 0 Å². The van der Waals surface area contributed by atoms with Crippen molar-refractivity contribution in [2.24, 2.45) is 0 Å². The molecule has 8 nitrogen and oxygen atoms in total. The Morgan fingerprint density at radius 3 is 1.24 bits per heavy atom. The summed E-state index contributed by atoms with van der Waals surface area (Å²) in [5.41, 5.74) is 0. The molecule has 9 heteroatoms. The number of nitrogens with one attached hydrogen (secondary N) is 1. The zero-order valence-corrected chi connectivity index (χ0v) is 38.3. The number of hydrogen-bond donors (Lipinski definition) is 2. The zero-order chi connectivity index (χ0) is 40.7. The summed E-state index contributed by atoms with van der Waals surface area (Å²) in [6, 6.07) is -0.793. The van der Waals surface area contributed by atoms with Gasteiger partial charge in [-0.1, -0.05) is 219 Å². The van der Waals surface area contributed by atoms with Crippen LogP contribution >= 0.6 is 7.82 Å². The topological polar surface area (TPSA) is 108 Å². The van der Waals surface area contributed by atoms with Crippen LogP contribution in [-0.4, -0.2) is 68.5 Å². The molecule has 0 aromatic rings. The Bertz CT molecular complexity index is 870. The van der Waals surface area contributed by atoms with Crippen LogP contribution in [0.2, 0.25) is 0 Å². The van der Waals surface area contributed by atoms with Crippen molar-refractivity contribution in [3.63, 3.8) is 0 Å². The second-order valence-corrected chi connectivity index (χ2v) is 19.2. The first-order chi connectivity index (χ1) is 26.5. The van der Waals surface area contributed by atoms with Crippen molar-refractivity contribution < 1.29 is 32.9 Å². The molecular formula is C46H95N2O6P. The third-order valence-corrected chi connectivity index (χ3v) is 12.1. The summed E-state index contributed by atoms with van der Waals surface area (Å²) in [5, 5.41) is 13.9. The number of nitrogens with zero attached hydrogens (tertiary/aromatic N) is 1. The van der Waals surface area contributed by atoms with E-state index < -0.39 is 20.0 Å². The number of phosphoric ester groups is 1. The van der Waals surface area contributed by atoms with E-state index in [0.717, 1.165) is 38.5 Å². The Balaban J connectivity index is 4.25. The fourth-order valence-corrected chi connectivity index (χ4v) is 8.00. The van der Waals surface area contributed by atoms with Crippen LogP contribution in [0.15, 0.2) is 0 Å². The quantitative estimate of drug-likeness (QED) is 0.0361. The van der Waals surface area contributed by atoms with E-state index in [1.807, 2.05) is 21.1 Å². The first kappa shape index (κ1) is 54.5. The molecule has 0 saturated heterocycles. The van der Waals surface area contributed by atoms with Gasteiger partial charge in [0.15, 0.2) is 0 Å². The van der Waals surface area contributed by atoms with Gasteiger partial charge in [0.1, 0.15) is 13.2 Å². The Morgan fingerprint density at radius 1 is 0.564 bits per heavy atom. The van der Waals surface area contributed by atoms with Crippen molar-refractivity contribution in [2.45, 2.75) is 251 Å². The van der Waals surface area contributed by atoms with E-state index in [1.54, 1.807) is 0 Å². The molecule has 1 amide bonds. The Hall–Kier alpha value is -0.500. The van der Waals surface area contributed by atoms with Crippen molar-refractivity contribution in [3.8, 4) is 0 Å². The highest BCUT2D eigenvalue weighted by Gasteiger charge is 2.24. The Morgan fingerprint density at radius 2 is 0.891 bits per heavy atom. The van der Waals surface area contributed by atoms with Crippen LogP contribution in [-0.2, 0) is 18.4 Å². The molecule has 0 spiro atoms. The first-order valence-corrected chi connectivity index (χ1v) is 25.3. The van der Waals surface area contributed by atoms with E-state index in [-0.39, 0.29) is 19.1 Å². The van der Waals surface area contributed by atoms with Gasteiger partial charge in [-0.2, -0.15) is 0 Å². The zero-order valence-electron chi connectivity index (χ0n) is 37.4. The molecule has 330 valence electrons. The fourth-order valence-electron chi connectivity index (χ4n) is 7.28. The second kappa shape index (κ2) is 39.0. The Labute approximate surface area is 342 Å². The number of amides is 1. The first-order valence-electron chi connectivity index (χ1n) is 23.9. The summed E-state index contributed by atoms with van der Waals surface area (Å²) in [6.07, 6.45) is 42.5. The molecule has 0 saturated carbocycles. The number of quaternary nitrogens is 1. The van der Waals surface area contributed by atoms with E-state index >= 15 is 0 Å². The van der Waals surface area contributed by atoms with Crippen LogP contribution in [0.5, 0.6) is 0 Å². The molecule has 0 bridgehead atoms. The third kappa shape index (κ3) is 41.5. The molecule has 0 aromatic heterocycles. The number of phosphoric acid groups is 1. The van der Waals surface area contributed by atoms with Gasteiger partial charge >= 0.3 is 0 Å². The van der Waals surface area contributed by atoms with Crippen LogP contribution in [0.4, 0.5) is 0 Å². The van der Waals surface area contributed by atoms with Crippen molar-refractivity contribution in [2.75, 3.05) is 40.9 Å². The average Bonchev–Trinajstić information content (AvgIpc) is 3.13. The number of likely N-dealkylation sites (N-methyl/N-ethyl adjacent to an activating group) is 1. The molecule has 0 aromatic carbocycles. The monoisotopic (exact) mass is 803 g/mol. The molecular weight excluding hydrogens is 707 g/mol. The maximum atomic E-state index is 12.9. The summed E-state index contributed by atoms with van der Waals surface area (Å²) in [6.45, 7) is 4.74. The maximum absolute atomic E-state index is 12.9. The minimum Gasteiger partial charge on any atom is -0.756 e. The van der Waals surface area contributed by atoms with Gasteiger partial charge in [0.2, 0.25) is 5.91 Å². The number of unbranched alkanes of at least 4 members (excludes halogenated alkanes) is 31. The lowest BCUT2D eigenvalue weighted by atomic mass is 10.0. The van der Waals surface area contributed by atoms with E-state index in [4.69, 9.17) is 9.05 Å². The summed E-state index contributed by atoms with van der Waals surface area (Å²) in [4.78, 5) is 25.3. The number of carbonyl (C=O) groups is 1. The molecule has 2 N–H and O–H groups in total. The minimum atomic E-state index is -4.56. The molecule has 0 rings (SSSR count). The van der Waals surface area contributed by atoms with Crippen LogP contribution in [0.25, 0.3) is 0 Å². The van der Waals surface area contributed by atoms with Gasteiger partial charge < -0.3 is 28.8 Å². The van der Waals surface area contributed by atoms with E-state index in [2.05, 4.69) is 19.2 Å². The highest BCUT2D eigenvalue weighted by Crippen LogP contribution is 2.38. The maximum Gasteiger partial charge on any atom is 0.268 e. The van der Waals surface area contributed by atoms with Gasteiger partial charge in [-0.25, -0.2) is 0 Å². The molecule has 0 aliphatic rings. The summed E-state index contributed by atoms with van der Waals surface area (Å²) in [5.74, 6) is -0.161. The smallest absolute Gasteiger partial charge is 0.268 e. The van der Waals surface area contributed by atoms with Crippen LogP contribution < -0.4 is 10.2 Å². The molecule has 3 unspecified atom stereocenters. The molecule has 0 aliphatic carbocycles. The highest BCUT2D eigenvalue weighted by molar-refractivity contribution is 7.45. The average molecular weight is 803 g/mol. The van der Waals surface area contributed by atoms with Crippen molar-refractivity contribution in [1.82, 2.24) is 5.32 Å². The van der Waals surface area contributed by atoms with Gasteiger partial charge in [-0.15, -0.1) is 0 Å². The van der Waals surface area contributed by atoms with Crippen molar-refractivity contribution >= 4 is 13.7 Å². The molecule has 3 atom stereocenters. The van der Waals surface area contributed by atoms with Gasteiger partial charge in [0.05, 0.1) is 39.9 Å². The summed E-state index contributed by atoms with van der Waals surface area (Å²) >= 11 is 0. The number of aliphatic hydroxyl groups is 1. The van der Waals surface area contributed by atoms with Gasteiger partial charge in [0, 0.05) is 6.42 Å². The lowest BCUT2D eigenvalue weighted by Gasteiger charge is -2.30. The number of rotatable bonds is 44. The van der Waals surface area contributed by atoms with Crippen molar-refractivity contribution in [3.05, 3.63) is 0 Å². The lowest BCUT2D eigenvalue weighted by Crippen LogP contribution is -2.46. The molecule has 55 heavy (non-hydrogen) atoms. The summed E-state index contributed by atoms with van der Waals surface area (Å²) < 4.78 is 23.3. The predicted octanol–water partition coefficient (Wildman–Crippen LogP) is 12.7. The van der Waals surface area contributed by atoms with Gasteiger partial charge in [-0.3, -0.25) is 9.36 Å². The van der Waals surface area contributed by atoms with Crippen LogP contribution in [0, 0.1) is 0 Å². The van der Waals surface area contributed by atoms with Gasteiger partial charge in [0.25, 0.3) is 7.82 Å². The van der Waals surface area contributed by atoms with Crippen LogP contribution in [0.1, 0.15) is 239 Å². The molecule has 0 radical (unpaired) electrons. The minimum absolute atomic E-state index is 0.0162. The fraction of sp³-hybridized carbons (Fsp3) is 0.978. The molecule has 0 aliphatic heterocycles. The van der Waals surface area contributed by atoms with Gasteiger partial charge in [-0.05, 0) is 12.8 Å². The third-order valence-electron chi connectivity index (χ3n) is 11.1. The van der Waals surface area contributed by atoms with Crippen LogP contribution in [0.3, 0.4) is 0 Å². The standard InChI is InChI=1S/C46H95N2O6P/c1-6-8-10-12-14-16-18-20-21-22-23-24-25-26-28-29-31-33-35-37-39-45(49)44(43-54-55(51,52)53-42-41-48(3,4)5)47-46(50)40-38-36-34-32-30-27-19-17-15-13-11-9-7-2/h44-45,49H,6-43H2,1-5H3,(H-,47,50,51,52). The predicted molar refractivity (Wildman–Crippen MR) is 233 cm³/mol. The molecule has 0 fully saturated rings.